The first kappa shape index (κ1) is 24.7. The molecule has 1 aliphatic carbocycles. The van der Waals surface area contributed by atoms with Gasteiger partial charge in [0.15, 0.2) is 18.1 Å². The lowest BCUT2D eigenvalue weighted by Gasteiger charge is -2.13. The minimum Gasteiger partial charge on any atom is -0.493 e. The van der Waals surface area contributed by atoms with Gasteiger partial charge in [-0.2, -0.15) is 0 Å². The van der Waals surface area contributed by atoms with E-state index in [9.17, 15) is 14.4 Å². The number of fused-ring (bicyclic) bond motifs is 3. The molecule has 2 amide bonds. The average molecular weight is 499 g/mol. The maximum absolute atomic E-state index is 13.0. The molecule has 0 aliphatic heterocycles. The molecular formula is C25H30N4O5S. The Labute approximate surface area is 207 Å². The molecule has 1 aliphatic rings. The molecule has 9 nitrogen and oxygen atoms in total. The summed E-state index contributed by atoms with van der Waals surface area (Å²) in [7, 11) is 1.52. The summed E-state index contributed by atoms with van der Waals surface area (Å²) in [4.78, 5) is 43.7. The van der Waals surface area contributed by atoms with Gasteiger partial charge in [0.1, 0.15) is 4.83 Å². The van der Waals surface area contributed by atoms with Crippen molar-refractivity contribution in [2.75, 3.05) is 20.3 Å². The Morgan fingerprint density at radius 3 is 2.77 bits per heavy atom. The zero-order chi connectivity index (χ0) is 24.8. The molecular weight excluding hydrogens is 468 g/mol. The fraction of sp³-hybridized carbons (Fsp3) is 0.440. The van der Waals surface area contributed by atoms with Crippen LogP contribution in [-0.2, 0) is 35.5 Å². The van der Waals surface area contributed by atoms with Crippen LogP contribution in [-0.4, -0.2) is 41.6 Å². The number of nitrogens with one attached hydrogen (secondary N) is 2. The van der Waals surface area contributed by atoms with Crippen LogP contribution in [0.2, 0.25) is 0 Å². The van der Waals surface area contributed by atoms with Crippen molar-refractivity contribution in [3.8, 4) is 11.5 Å². The van der Waals surface area contributed by atoms with Crippen LogP contribution >= 0.6 is 11.3 Å². The number of hydrogen-bond donors (Lipinski definition) is 2. The van der Waals surface area contributed by atoms with Gasteiger partial charge >= 0.3 is 0 Å². The number of methoxy groups -OCH3 is 1. The summed E-state index contributed by atoms with van der Waals surface area (Å²) in [6.07, 6.45) is 5.92. The highest BCUT2D eigenvalue weighted by Crippen LogP contribution is 2.33. The smallest absolute Gasteiger partial charge is 0.262 e. The third-order valence-corrected chi connectivity index (χ3v) is 7.17. The fourth-order valence-corrected chi connectivity index (χ4v) is 5.40. The van der Waals surface area contributed by atoms with Crippen molar-refractivity contribution in [1.82, 2.24) is 20.2 Å². The molecule has 186 valence electrons. The molecule has 35 heavy (non-hydrogen) atoms. The van der Waals surface area contributed by atoms with Crippen molar-refractivity contribution < 1.29 is 19.1 Å². The lowest BCUT2D eigenvalue weighted by molar-refractivity contribution is -0.123. The number of likely N-dealkylation sites (N-methyl/N-ethyl adjacent to an activating group) is 1. The fourth-order valence-electron chi connectivity index (χ4n) is 4.18. The number of hydrogen-bond acceptors (Lipinski definition) is 7. The highest BCUT2D eigenvalue weighted by Gasteiger charge is 2.20. The predicted octanol–water partition coefficient (Wildman–Crippen LogP) is 2.57. The quantitative estimate of drug-likeness (QED) is 0.444. The number of nitrogens with zero attached hydrogens (tertiary/aromatic N) is 2. The van der Waals surface area contributed by atoms with E-state index in [0.717, 1.165) is 47.0 Å². The largest absolute Gasteiger partial charge is 0.493 e. The number of thiophene rings is 1. The van der Waals surface area contributed by atoms with E-state index in [-0.39, 0.29) is 36.9 Å². The Bertz CT molecular complexity index is 1280. The van der Waals surface area contributed by atoms with E-state index in [0.29, 0.717) is 24.6 Å². The molecule has 0 unspecified atom stereocenters. The molecule has 0 saturated heterocycles. The monoisotopic (exact) mass is 498 g/mol. The molecule has 1 aromatic carbocycles. The summed E-state index contributed by atoms with van der Waals surface area (Å²) < 4.78 is 12.4. The van der Waals surface area contributed by atoms with Crippen molar-refractivity contribution in [2.45, 2.75) is 52.1 Å². The van der Waals surface area contributed by atoms with Crippen molar-refractivity contribution in [1.29, 1.82) is 0 Å². The summed E-state index contributed by atoms with van der Waals surface area (Å²) in [6.45, 7) is 2.84. The van der Waals surface area contributed by atoms with Gasteiger partial charge in [0, 0.05) is 30.9 Å². The van der Waals surface area contributed by atoms with Gasteiger partial charge in [-0.05, 0) is 55.9 Å². The SMILES string of the molecule is CCNC(=O)COc1ccc(CNC(=O)CCn2cnc3sc4c(c3c2=O)CCCC4)cc1OC. The van der Waals surface area contributed by atoms with E-state index < -0.39 is 0 Å². The van der Waals surface area contributed by atoms with Crippen LogP contribution in [0, 0.1) is 0 Å². The zero-order valence-corrected chi connectivity index (χ0v) is 20.8. The minimum atomic E-state index is -0.210. The van der Waals surface area contributed by atoms with Crippen molar-refractivity contribution >= 4 is 33.4 Å². The third kappa shape index (κ3) is 5.82. The van der Waals surface area contributed by atoms with Crippen molar-refractivity contribution in [3.63, 3.8) is 0 Å². The van der Waals surface area contributed by atoms with Crippen LogP contribution in [0.5, 0.6) is 11.5 Å². The molecule has 3 aromatic rings. The molecule has 0 fully saturated rings. The highest BCUT2D eigenvalue weighted by atomic mass is 32.1. The number of carbonyl (C=O) groups is 2. The maximum Gasteiger partial charge on any atom is 0.262 e. The van der Waals surface area contributed by atoms with E-state index in [2.05, 4.69) is 15.6 Å². The van der Waals surface area contributed by atoms with E-state index in [1.54, 1.807) is 35.9 Å². The maximum atomic E-state index is 13.0. The normalized spacial score (nSPS) is 12.7. The first-order chi connectivity index (χ1) is 17.0. The van der Waals surface area contributed by atoms with E-state index >= 15 is 0 Å². The van der Waals surface area contributed by atoms with Gasteiger partial charge in [-0.15, -0.1) is 11.3 Å². The minimum absolute atomic E-state index is 0.0601. The van der Waals surface area contributed by atoms with Gasteiger partial charge in [0.05, 0.1) is 18.8 Å². The van der Waals surface area contributed by atoms with Gasteiger partial charge < -0.3 is 20.1 Å². The standard InChI is InChI=1S/C25H30N4O5S/c1-3-26-22(31)14-34-18-9-8-16(12-19(18)33-2)13-27-21(30)10-11-29-15-28-24-23(25(29)32)17-6-4-5-7-20(17)35-24/h8-9,12,15H,3-7,10-11,13-14H2,1-2H3,(H,26,31)(H,27,30). The summed E-state index contributed by atoms with van der Waals surface area (Å²) in [5.74, 6) is 0.552. The Balaban J connectivity index is 1.33. The topological polar surface area (TPSA) is 112 Å². The first-order valence-corrected chi connectivity index (χ1v) is 12.6. The Kier molecular flexibility index (Phi) is 8.02. The number of carbonyl (C=O) groups excluding carboxylic acids is 2. The zero-order valence-electron chi connectivity index (χ0n) is 20.0. The van der Waals surface area contributed by atoms with Crippen LogP contribution in [0.15, 0.2) is 29.3 Å². The number of benzene rings is 1. The van der Waals surface area contributed by atoms with E-state index in [1.807, 2.05) is 6.92 Å². The Morgan fingerprint density at radius 1 is 1.14 bits per heavy atom. The van der Waals surface area contributed by atoms with Gasteiger partial charge in [-0.1, -0.05) is 6.07 Å². The van der Waals surface area contributed by atoms with Crippen LogP contribution in [0.25, 0.3) is 10.2 Å². The average Bonchev–Trinajstić information content (AvgIpc) is 3.25. The van der Waals surface area contributed by atoms with Gasteiger partial charge in [0.25, 0.3) is 11.5 Å². The number of rotatable bonds is 10. The molecule has 0 radical (unpaired) electrons. The molecule has 0 spiro atoms. The summed E-state index contributed by atoms with van der Waals surface area (Å²) in [6, 6.07) is 5.27. The summed E-state index contributed by atoms with van der Waals surface area (Å²) in [5.41, 5.74) is 1.92. The molecule has 0 bridgehead atoms. The lowest BCUT2D eigenvalue weighted by atomic mass is 9.97. The van der Waals surface area contributed by atoms with Crippen LogP contribution < -0.4 is 25.7 Å². The van der Waals surface area contributed by atoms with Crippen molar-refractivity contribution in [2.24, 2.45) is 0 Å². The van der Waals surface area contributed by atoms with Crippen LogP contribution in [0.4, 0.5) is 0 Å². The Morgan fingerprint density at radius 2 is 1.97 bits per heavy atom. The van der Waals surface area contributed by atoms with Gasteiger partial charge in [-0.3, -0.25) is 19.0 Å². The van der Waals surface area contributed by atoms with Crippen molar-refractivity contribution in [3.05, 3.63) is 50.9 Å². The number of amides is 2. The third-order valence-electron chi connectivity index (χ3n) is 5.97. The number of aromatic nitrogens is 2. The molecule has 2 aromatic heterocycles. The van der Waals surface area contributed by atoms with Gasteiger partial charge in [0.2, 0.25) is 5.91 Å². The lowest BCUT2D eigenvalue weighted by Crippen LogP contribution is -2.28. The van der Waals surface area contributed by atoms with Crippen LogP contribution in [0.3, 0.4) is 0 Å². The second-order valence-electron chi connectivity index (χ2n) is 8.39. The predicted molar refractivity (Wildman–Crippen MR) is 134 cm³/mol. The molecule has 10 heteroatoms. The van der Waals surface area contributed by atoms with Gasteiger partial charge in [-0.25, -0.2) is 4.98 Å². The molecule has 0 atom stereocenters. The molecule has 4 rings (SSSR count). The summed E-state index contributed by atoms with van der Waals surface area (Å²) >= 11 is 1.62. The number of ether oxygens (including phenoxy) is 2. The highest BCUT2D eigenvalue weighted by molar-refractivity contribution is 7.18. The Hall–Kier alpha value is -3.40. The molecule has 2 N–H and O–H groups in total. The summed E-state index contributed by atoms with van der Waals surface area (Å²) in [5, 5.41) is 6.27. The second-order valence-corrected chi connectivity index (χ2v) is 9.47. The molecule has 2 heterocycles. The number of aryl methyl sites for hydroxylation is 3. The first-order valence-electron chi connectivity index (χ1n) is 11.8. The van der Waals surface area contributed by atoms with E-state index in [4.69, 9.17) is 9.47 Å². The second kappa shape index (κ2) is 11.4. The van der Waals surface area contributed by atoms with E-state index in [1.165, 1.54) is 16.6 Å². The molecule has 0 saturated carbocycles. The van der Waals surface area contributed by atoms with Crippen LogP contribution in [0.1, 0.15) is 42.2 Å².